The van der Waals surface area contributed by atoms with Crippen molar-refractivity contribution >= 4 is 21.6 Å². The molecule has 1 aromatic rings. The Labute approximate surface area is 126 Å². The SMILES string of the molecule is C=CCNS(=O)(=O)c1ccc(NC(=O)CCCCC)cc1. The second-order valence-electron chi connectivity index (χ2n) is 4.67. The number of anilines is 1. The summed E-state index contributed by atoms with van der Waals surface area (Å²) in [6.45, 7) is 5.72. The minimum Gasteiger partial charge on any atom is -0.326 e. The number of nitrogens with one attached hydrogen (secondary N) is 2. The first-order valence-electron chi connectivity index (χ1n) is 7.00. The summed E-state index contributed by atoms with van der Waals surface area (Å²) in [5.74, 6) is -0.0520. The number of carbonyl (C=O) groups excluding carboxylic acids is 1. The van der Waals surface area contributed by atoms with Crippen LogP contribution >= 0.6 is 0 Å². The molecule has 1 rings (SSSR count). The fourth-order valence-electron chi connectivity index (χ4n) is 1.73. The van der Waals surface area contributed by atoms with Gasteiger partial charge in [0, 0.05) is 18.7 Å². The Balaban J connectivity index is 2.61. The van der Waals surface area contributed by atoms with Crippen molar-refractivity contribution in [1.29, 1.82) is 0 Å². The van der Waals surface area contributed by atoms with Gasteiger partial charge in [-0.15, -0.1) is 6.58 Å². The highest BCUT2D eigenvalue weighted by Crippen LogP contribution is 2.14. The number of hydrogen-bond donors (Lipinski definition) is 2. The molecule has 6 heteroatoms. The number of unbranched alkanes of at least 4 members (excludes halogenated alkanes) is 2. The number of hydrogen-bond acceptors (Lipinski definition) is 3. The van der Waals surface area contributed by atoms with Crippen LogP contribution in [0.1, 0.15) is 32.6 Å². The van der Waals surface area contributed by atoms with Crippen molar-refractivity contribution in [2.24, 2.45) is 0 Å². The molecule has 1 amide bonds. The van der Waals surface area contributed by atoms with Gasteiger partial charge in [-0.2, -0.15) is 0 Å². The highest BCUT2D eigenvalue weighted by molar-refractivity contribution is 7.89. The fourth-order valence-corrected chi connectivity index (χ4v) is 2.73. The molecule has 21 heavy (non-hydrogen) atoms. The van der Waals surface area contributed by atoms with Crippen molar-refractivity contribution in [2.75, 3.05) is 11.9 Å². The van der Waals surface area contributed by atoms with Gasteiger partial charge in [-0.1, -0.05) is 25.8 Å². The number of benzene rings is 1. The van der Waals surface area contributed by atoms with E-state index in [4.69, 9.17) is 0 Å². The maximum atomic E-state index is 11.9. The zero-order chi connectivity index (χ0) is 15.7. The summed E-state index contributed by atoms with van der Waals surface area (Å²) in [6.07, 6.45) is 4.91. The second kappa shape index (κ2) is 8.59. The van der Waals surface area contributed by atoms with Crippen LogP contribution in [0.2, 0.25) is 0 Å². The molecule has 0 saturated carbocycles. The van der Waals surface area contributed by atoms with Gasteiger partial charge in [0.25, 0.3) is 0 Å². The minimum atomic E-state index is -3.52. The molecular weight excluding hydrogens is 288 g/mol. The summed E-state index contributed by atoms with van der Waals surface area (Å²) >= 11 is 0. The molecule has 0 radical (unpaired) electrons. The molecule has 2 N–H and O–H groups in total. The van der Waals surface area contributed by atoms with Crippen LogP contribution in [0.25, 0.3) is 0 Å². The van der Waals surface area contributed by atoms with E-state index in [1.165, 1.54) is 18.2 Å². The van der Waals surface area contributed by atoms with Gasteiger partial charge in [-0.3, -0.25) is 4.79 Å². The predicted molar refractivity (Wildman–Crippen MR) is 84.6 cm³/mol. The van der Waals surface area contributed by atoms with Crippen molar-refractivity contribution in [3.63, 3.8) is 0 Å². The summed E-state index contributed by atoms with van der Waals surface area (Å²) in [4.78, 5) is 11.8. The van der Waals surface area contributed by atoms with E-state index in [-0.39, 0.29) is 17.3 Å². The summed E-state index contributed by atoms with van der Waals surface area (Å²) in [5.41, 5.74) is 0.596. The van der Waals surface area contributed by atoms with Gasteiger partial charge < -0.3 is 5.32 Å². The lowest BCUT2D eigenvalue weighted by Gasteiger charge is -2.07. The third-order valence-electron chi connectivity index (χ3n) is 2.87. The Morgan fingerprint density at radius 3 is 2.48 bits per heavy atom. The number of amides is 1. The van der Waals surface area contributed by atoms with Crippen LogP contribution in [0, 0.1) is 0 Å². The Kier molecular flexibility index (Phi) is 7.11. The maximum absolute atomic E-state index is 11.9. The highest BCUT2D eigenvalue weighted by Gasteiger charge is 2.12. The van der Waals surface area contributed by atoms with Crippen LogP contribution < -0.4 is 10.0 Å². The zero-order valence-electron chi connectivity index (χ0n) is 12.3. The molecule has 5 nitrogen and oxygen atoms in total. The Hall–Kier alpha value is -1.66. The third kappa shape index (κ3) is 6.10. The van der Waals surface area contributed by atoms with Gasteiger partial charge in [0.05, 0.1) is 4.90 Å². The van der Waals surface area contributed by atoms with Gasteiger partial charge in [0.2, 0.25) is 15.9 Å². The topological polar surface area (TPSA) is 75.3 Å². The molecule has 1 aromatic carbocycles. The quantitative estimate of drug-likeness (QED) is 0.544. The molecule has 0 atom stereocenters. The average Bonchev–Trinajstić information content (AvgIpc) is 2.46. The van der Waals surface area contributed by atoms with Crippen LogP contribution in [0.4, 0.5) is 5.69 Å². The van der Waals surface area contributed by atoms with Gasteiger partial charge in [-0.05, 0) is 30.7 Å². The summed E-state index contributed by atoms with van der Waals surface area (Å²) in [7, 11) is -3.52. The Morgan fingerprint density at radius 1 is 1.24 bits per heavy atom. The molecule has 0 bridgehead atoms. The van der Waals surface area contributed by atoms with Crippen molar-refractivity contribution in [3.05, 3.63) is 36.9 Å². The third-order valence-corrected chi connectivity index (χ3v) is 4.31. The fraction of sp³-hybridized carbons (Fsp3) is 0.400. The van der Waals surface area contributed by atoms with Gasteiger partial charge in [0.1, 0.15) is 0 Å². The van der Waals surface area contributed by atoms with Gasteiger partial charge in [-0.25, -0.2) is 13.1 Å². The van der Waals surface area contributed by atoms with E-state index < -0.39 is 10.0 Å². The molecule has 0 heterocycles. The molecular formula is C15H22N2O3S. The number of rotatable bonds is 9. The number of carbonyl (C=O) groups is 1. The molecule has 0 aromatic heterocycles. The molecule has 0 aliphatic carbocycles. The van der Waals surface area contributed by atoms with E-state index >= 15 is 0 Å². The van der Waals surface area contributed by atoms with E-state index in [1.54, 1.807) is 12.1 Å². The lowest BCUT2D eigenvalue weighted by atomic mass is 10.2. The predicted octanol–water partition coefficient (Wildman–Crippen LogP) is 2.67. The number of sulfonamides is 1. The minimum absolute atomic E-state index is 0.0520. The normalized spacial score (nSPS) is 11.1. The molecule has 0 saturated heterocycles. The summed E-state index contributed by atoms with van der Waals surface area (Å²) in [6, 6.07) is 6.10. The van der Waals surface area contributed by atoms with Crippen LogP contribution in [-0.2, 0) is 14.8 Å². The maximum Gasteiger partial charge on any atom is 0.240 e. The van der Waals surface area contributed by atoms with Crippen molar-refractivity contribution in [1.82, 2.24) is 4.72 Å². The Bertz CT molecular complexity index is 565. The second-order valence-corrected chi connectivity index (χ2v) is 6.44. The van der Waals surface area contributed by atoms with Crippen molar-refractivity contribution in [2.45, 2.75) is 37.5 Å². The molecule has 116 valence electrons. The summed E-state index contributed by atoms with van der Waals surface area (Å²) in [5, 5.41) is 2.75. The van der Waals surface area contributed by atoms with Crippen LogP contribution in [0.15, 0.2) is 41.8 Å². The first-order chi connectivity index (χ1) is 9.99. The first-order valence-corrected chi connectivity index (χ1v) is 8.48. The Morgan fingerprint density at radius 2 is 1.90 bits per heavy atom. The monoisotopic (exact) mass is 310 g/mol. The van der Waals surface area contributed by atoms with E-state index in [0.717, 1.165) is 19.3 Å². The lowest BCUT2D eigenvalue weighted by molar-refractivity contribution is -0.116. The molecule has 0 unspecified atom stereocenters. The van der Waals surface area contributed by atoms with Gasteiger partial charge in [0.15, 0.2) is 0 Å². The highest BCUT2D eigenvalue weighted by atomic mass is 32.2. The smallest absolute Gasteiger partial charge is 0.240 e. The van der Waals surface area contributed by atoms with E-state index in [2.05, 4.69) is 23.5 Å². The molecule has 0 aliphatic heterocycles. The summed E-state index contributed by atoms with van der Waals surface area (Å²) < 4.78 is 26.1. The zero-order valence-corrected chi connectivity index (χ0v) is 13.1. The largest absolute Gasteiger partial charge is 0.326 e. The van der Waals surface area contributed by atoms with Crippen molar-refractivity contribution < 1.29 is 13.2 Å². The van der Waals surface area contributed by atoms with Crippen LogP contribution in [-0.4, -0.2) is 20.9 Å². The van der Waals surface area contributed by atoms with Crippen LogP contribution in [0.3, 0.4) is 0 Å². The lowest BCUT2D eigenvalue weighted by Crippen LogP contribution is -2.23. The van der Waals surface area contributed by atoms with Gasteiger partial charge >= 0.3 is 0 Å². The van der Waals surface area contributed by atoms with Crippen LogP contribution in [0.5, 0.6) is 0 Å². The van der Waals surface area contributed by atoms with E-state index in [9.17, 15) is 13.2 Å². The molecule has 0 spiro atoms. The average molecular weight is 310 g/mol. The standard InChI is InChI=1S/C15H22N2O3S/c1-3-5-6-7-15(18)17-13-8-10-14(11-9-13)21(19,20)16-12-4-2/h4,8-11,16H,2-3,5-7,12H2,1H3,(H,17,18). The van der Waals surface area contributed by atoms with E-state index in [1.807, 2.05) is 0 Å². The molecule has 0 fully saturated rings. The molecule has 0 aliphatic rings. The van der Waals surface area contributed by atoms with Crippen molar-refractivity contribution in [3.8, 4) is 0 Å². The first kappa shape index (κ1) is 17.4. The van der Waals surface area contributed by atoms with E-state index in [0.29, 0.717) is 12.1 Å².